The summed E-state index contributed by atoms with van der Waals surface area (Å²) in [7, 11) is 0. The van der Waals surface area contributed by atoms with Crippen LogP contribution in [0, 0.1) is 12.3 Å². The number of nitrogens with zero attached hydrogens (tertiary/aromatic N) is 2. The average Bonchev–Trinajstić information content (AvgIpc) is 3.56. The summed E-state index contributed by atoms with van der Waals surface area (Å²) in [6.45, 7) is 9.39. The maximum Gasteiger partial charge on any atom is 0.305 e. The number of β-amino-alcohol motifs (C(OH)–C–C–N with tert-alkyl or cyclic N) is 1. The second kappa shape index (κ2) is 21.6. The molecule has 2 aliphatic rings. The van der Waals surface area contributed by atoms with Crippen LogP contribution in [-0.4, -0.2) is 139 Å². The Morgan fingerprint density at radius 3 is 2.09 bits per heavy atom. The van der Waals surface area contributed by atoms with Gasteiger partial charge in [0.2, 0.25) is 17.7 Å². The molecule has 1 aromatic carbocycles. The smallest absolute Gasteiger partial charge is 0.305 e. The number of halogens is 1. The number of carbonyl (C=O) groups excluding carboxylic acids is 4. The van der Waals surface area contributed by atoms with Crippen LogP contribution < -0.4 is 16.0 Å². The Labute approximate surface area is 336 Å². The number of hydrogen-bond donors (Lipinski definition) is 5. The Balaban J connectivity index is 1.31. The molecule has 0 radical (unpaired) electrons. The summed E-state index contributed by atoms with van der Waals surface area (Å²) in [6.07, 6.45) is -1.11. The lowest BCUT2D eigenvalue weighted by Crippen LogP contribution is -2.59. The Bertz CT molecular complexity index is 1650. The first-order valence-electron chi connectivity index (χ1n) is 19.2. The van der Waals surface area contributed by atoms with E-state index in [1.807, 2.05) is 31.2 Å². The standard InChI is InChI=1S/C39H56FN5O11S/c1-25-33(57-24-42-25)27-7-5-26(6-8-27)29(22-31(47)41-12-14-54-16-18-56-20-19-55-17-15-53-13-9-32(48)49)43-35(50)30-21-28(46)23-45(30)36(51)34(38(2,3)4)44-37(52)39(40)10-11-39/h5-8,24,28-30,34,46H,9-23H2,1-4H3,(H,41,47)(H,43,50)(H,44,52)(H,48,49). The molecule has 1 saturated heterocycles. The average molecular weight is 822 g/mol. The van der Waals surface area contributed by atoms with E-state index >= 15 is 0 Å². The van der Waals surface area contributed by atoms with Crippen LogP contribution in [0.15, 0.2) is 29.8 Å². The highest BCUT2D eigenvalue weighted by Crippen LogP contribution is 2.40. The summed E-state index contributed by atoms with van der Waals surface area (Å²) >= 11 is 1.50. The van der Waals surface area contributed by atoms with Gasteiger partial charge in [0.25, 0.3) is 5.91 Å². The number of aliphatic carboxylic acids is 1. The molecule has 2 heterocycles. The van der Waals surface area contributed by atoms with Gasteiger partial charge in [0.15, 0.2) is 5.67 Å². The van der Waals surface area contributed by atoms with Crippen molar-refractivity contribution in [2.24, 2.45) is 5.41 Å². The van der Waals surface area contributed by atoms with Crippen LogP contribution in [0.2, 0.25) is 0 Å². The zero-order valence-electron chi connectivity index (χ0n) is 33.1. The lowest BCUT2D eigenvalue weighted by Gasteiger charge is -2.36. The summed E-state index contributed by atoms with van der Waals surface area (Å²) in [6, 6.07) is 4.34. The van der Waals surface area contributed by atoms with Gasteiger partial charge in [-0.1, -0.05) is 45.0 Å². The minimum Gasteiger partial charge on any atom is -0.481 e. The number of carbonyl (C=O) groups is 5. The third-order valence-electron chi connectivity index (χ3n) is 9.52. The number of carboxylic acid groups (broad SMARTS) is 1. The van der Waals surface area contributed by atoms with Gasteiger partial charge < -0.3 is 50.0 Å². The van der Waals surface area contributed by atoms with Crippen molar-refractivity contribution < 1.29 is 57.5 Å². The Hall–Kier alpha value is -4.07. The van der Waals surface area contributed by atoms with Crippen molar-refractivity contribution in [3.63, 3.8) is 0 Å². The van der Waals surface area contributed by atoms with E-state index in [2.05, 4.69) is 20.9 Å². The fourth-order valence-corrected chi connectivity index (χ4v) is 6.94. The molecular formula is C39H56FN5O11S. The minimum absolute atomic E-state index is 0.0560. The third kappa shape index (κ3) is 14.4. The minimum atomic E-state index is -2.01. The molecule has 1 aliphatic heterocycles. The number of amides is 4. The Kier molecular flexibility index (Phi) is 17.3. The van der Waals surface area contributed by atoms with Crippen LogP contribution in [0.4, 0.5) is 4.39 Å². The van der Waals surface area contributed by atoms with E-state index in [0.29, 0.717) is 38.6 Å². The van der Waals surface area contributed by atoms with Crippen molar-refractivity contribution in [3.8, 4) is 10.4 Å². The molecule has 16 nitrogen and oxygen atoms in total. The van der Waals surface area contributed by atoms with Gasteiger partial charge in [-0.2, -0.15) is 0 Å². The molecule has 0 spiro atoms. The topological polar surface area (TPSA) is 215 Å². The molecule has 4 amide bonds. The van der Waals surface area contributed by atoms with Crippen LogP contribution in [-0.2, 0) is 42.9 Å². The number of thiazole rings is 1. The molecule has 57 heavy (non-hydrogen) atoms. The number of alkyl halides is 1. The molecule has 18 heteroatoms. The summed E-state index contributed by atoms with van der Waals surface area (Å²) < 4.78 is 36.1. The molecule has 4 unspecified atom stereocenters. The second-order valence-corrected chi connectivity index (χ2v) is 16.1. The van der Waals surface area contributed by atoms with Gasteiger partial charge in [-0.15, -0.1) is 11.3 Å². The maximum absolute atomic E-state index is 14.6. The number of aliphatic hydroxyl groups is 1. The zero-order valence-corrected chi connectivity index (χ0v) is 33.9. The summed E-state index contributed by atoms with van der Waals surface area (Å²) in [5.74, 6) is -3.33. The van der Waals surface area contributed by atoms with E-state index in [0.717, 1.165) is 16.1 Å². The lowest BCUT2D eigenvalue weighted by molar-refractivity contribution is -0.145. The molecule has 4 atom stereocenters. The fraction of sp³-hybridized carbons (Fsp3) is 0.641. The van der Waals surface area contributed by atoms with E-state index in [-0.39, 0.29) is 70.9 Å². The lowest BCUT2D eigenvalue weighted by atomic mass is 9.85. The fourth-order valence-electron chi connectivity index (χ4n) is 6.13. The van der Waals surface area contributed by atoms with E-state index in [1.165, 1.54) is 16.2 Å². The summed E-state index contributed by atoms with van der Waals surface area (Å²) in [4.78, 5) is 70.8. The number of ether oxygens (including phenoxy) is 4. The monoisotopic (exact) mass is 821 g/mol. The number of aliphatic hydroxyl groups excluding tert-OH is 1. The zero-order chi connectivity index (χ0) is 41.6. The molecule has 2 aromatic rings. The van der Waals surface area contributed by atoms with Gasteiger partial charge in [0.05, 0.1) is 93.9 Å². The molecular weight excluding hydrogens is 766 g/mol. The van der Waals surface area contributed by atoms with Crippen molar-refractivity contribution in [2.75, 3.05) is 65.9 Å². The number of carboxylic acids is 1. The van der Waals surface area contributed by atoms with Crippen LogP contribution in [0.25, 0.3) is 10.4 Å². The second-order valence-electron chi connectivity index (χ2n) is 15.2. The largest absolute Gasteiger partial charge is 0.481 e. The molecule has 4 rings (SSSR count). The predicted octanol–water partition coefficient (Wildman–Crippen LogP) is 2.32. The van der Waals surface area contributed by atoms with Crippen LogP contribution in [0.3, 0.4) is 0 Å². The number of aromatic nitrogens is 1. The predicted molar refractivity (Wildman–Crippen MR) is 207 cm³/mol. The highest BCUT2D eigenvalue weighted by molar-refractivity contribution is 7.13. The van der Waals surface area contributed by atoms with Gasteiger partial charge >= 0.3 is 5.97 Å². The highest BCUT2D eigenvalue weighted by Gasteiger charge is 2.53. The van der Waals surface area contributed by atoms with Crippen molar-refractivity contribution >= 4 is 40.9 Å². The highest BCUT2D eigenvalue weighted by atomic mass is 32.1. The van der Waals surface area contributed by atoms with Gasteiger partial charge in [-0.25, -0.2) is 9.37 Å². The van der Waals surface area contributed by atoms with E-state index in [4.69, 9.17) is 24.1 Å². The van der Waals surface area contributed by atoms with Crippen LogP contribution in [0.5, 0.6) is 0 Å². The van der Waals surface area contributed by atoms with Crippen LogP contribution in [0.1, 0.15) is 70.2 Å². The number of benzene rings is 1. The summed E-state index contributed by atoms with van der Waals surface area (Å²) in [5, 5.41) is 27.5. The maximum atomic E-state index is 14.6. The van der Waals surface area contributed by atoms with E-state index in [9.17, 15) is 33.5 Å². The van der Waals surface area contributed by atoms with Crippen molar-refractivity contribution in [1.82, 2.24) is 25.8 Å². The molecule has 1 aromatic heterocycles. The van der Waals surface area contributed by atoms with Crippen molar-refractivity contribution in [2.45, 2.75) is 89.7 Å². The van der Waals surface area contributed by atoms with Crippen molar-refractivity contribution in [1.29, 1.82) is 0 Å². The Morgan fingerprint density at radius 2 is 1.54 bits per heavy atom. The number of hydrogen-bond acceptors (Lipinski definition) is 12. The molecule has 0 bridgehead atoms. The van der Waals surface area contributed by atoms with Gasteiger partial charge in [-0.3, -0.25) is 24.0 Å². The molecule has 5 N–H and O–H groups in total. The number of nitrogens with one attached hydrogen (secondary N) is 3. The molecule has 1 aliphatic carbocycles. The molecule has 316 valence electrons. The van der Waals surface area contributed by atoms with E-state index in [1.54, 1.807) is 26.3 Å². The third-order valence-corrected chi connectivity index (χ3v) is 10.5. The van der Waals surface area contributed by atoms with Crippen LogP contribution >= 0.6 is 11.3 Å². The van der Waals surface area contributed by atoms with E-state index < -0.39 is 59.0 Å². The van der Waals surface area contributed by atoms with Gasteiger partial charge in [-0.05, 0) is 36.3 Å². The Morgan fingerprint density at radius 1 is 0.947 bits per heavy atom. The first kappa shape index (κ1) is 45.6. The number of rotatable bonds is 24. The molecule has 2 fully saturated rings. The summed E-state index contributed by atoms with van der Waals surface area (Å²) in [5.41, 5.74) is 1.36. The SMILES string of the molecule is Cc1ncsc1-c1ccc(C(CC(=O)NCCOCCOCCOCCOCCC(=O)O)NC(=O)C2CC(O)CN2C(=O)C(NC(=O)C2(F)CC2)C(C)(C)C)cc1. The van der Waals surface area contributed by atoms with Crippen molar-refractivity contribution in [3.05, 3.63) is 41.0 Å². The quantitative estimate of drug-likeness (QED) is 0.0966. The van der Waals surface area contributed by atoms with Gasteiger partial charge in [0.1, 0.15) is 12.1 Å². The molecule has 1 saturated carbocycles. The first-order valence-corrected chi connectivity index (χ1v) is 20.1. The number of likely N-dealkylation sites (tertiary alicyclic amines) is 1. The van der Waals surface area contributed by atoms with Gasteiger partial charge in [0, 0.05) is 19.5 Å². The first-order chi connectivity index (χ1) is 27.1. The normalized spacial score (nSPS) is 18.5. The number of aryl methyl sites for hydroxylation is 1.